The van der Waals surface area contributed by atoms with E-state index in [4.69, 9.17) is 16.3 Å². The van der Waals surface area contributed by atoms with E-state index in [0.717, 1.165) is 23.7 Å². The number of fused-ring (bicyclic) bond motifs is 1. The molecule has 13 heavy (non-hydrogen) atoms. The first-order chi connectivity index (χ1) is 6.29. The monoisotopic (exact) mass is 197 g/mol. The second-order valence-corrected chi connectivity index (χ2v) is 3.69. The van der Waals surface area contributed by atoms with Crippen molar-refractivity contribution in [1.29, 1.82) is 0 Å². The average molecular weight is 198 g/mol. The number of rotatable bonds is 2. The molecule has 0 amide bonds. The zero-order chi connectivity index (χ0) is 9.26. The third-order valence-electron chi connectivity index (χ3n) is 2.20. The predicted molar refractivity (Wildman–Crippen MR) is 53.5 cm³/mol. The van der Waals surface area contributed by atoms with Gasteiger partial charge in [0.1, 0.15) is 11.9 Å². The molecule has 1 aliphatic heterocycles. The van der Waals surface area contributed by atoms with E-state index in [0.29, 0.717) is 0 Å². The van der Waals surface area contributed by atoms with E-state index in [2.05, 4.69) is 5.32 Å². The summed E-state index contributed by atoms with van der Waals surface area (Å²) in [7, 11) is 1.93. The highest BCUT2D eigenvalue weighted by atomic mass is 35.5. The van der Waals surface area contributed by atoms with Crippen LogP contribution in [0.1, 0.15) is 5.56 Å². The van der Waals surface area contributed by atoms with E-state index in [1.165, 1.54) is 5.56 Å². The normalized spacial score (nSPS) is 19.7. The van der Waals surface area contributed by atoms with Crippen molar-refractivity contribution in [3.63, 3.8) is 0 Å². The molecule has 0 aromatic heterocycles. The Morgan fingerprint density at radius 1 is 1.62 bits per heavy atom. The summed E-state index contributed by atoms with van der Waals surface area (Å²) < 4.78 is 5.68. The molecule has 2 nitrogen and oxygen atoms in total. The zero-order valence-electron chi connectivity index (χ0n) is 7.51. The van der Waals surface area contributed by atoms with Crippen molar-refractivity contribution in [1.82, 2.24) is 5.32 Å². The molecule has 2 rings (SSSR count). The maximum absolute atomic E-state index is 5.88. The molecule has 1 aliphatic rings. The zero-order valence-corrected chi connectivity index (χ0v) is 8.27. The molecule has 70 valence electrons. The van der Waals surface area contributed by atoms with Crippen LogP contribution in [0.4, 0.5) is 0 Å². The van der Waals surface area contributed by atoms with Gasteiger partial charge in [0.05, 0.1) is 0 Å². The van der Waals surface area contributed by atoms with Crippen LogP contribution in [-0.2, 0) is 6.42 Å². The van der Waals surface area contributed by atoms with Crippen LogP contribution in [0.5, 0.6) is 5.75 Å². The van der Waals surface area contributed by atoms with Gasteiger partial charge in [-0.1, -0.05) is 11.6 Å². The van der Waals surface area contributed by atoms with E-state index in [1.807, 2.05) is 25.2 Å². The van der Waals surface area contributed by atoms with Gasteiger partial charge in [0.2, 0.25) is 0 Å². The van der Waals surface area contributed by atoms with E-state index < -0.39 is 0 Å². The lowest BCUT2D eigenvalue weighted by atomic mass is 10.1. The summed E-state index contributed by atoms with van der Waals surface area (Å²) in [4.78, 5) is 0. The summed E-state index contributed by atoms with van der Waals surface area (Å²) in [5.74, 6) is 0.977. The number of benzene rings is 1. The number of halogens is 1. The maximum atomic E-state index is 5.88. The summed E-state index contributed by atoms with van der Waals surface area (Å²) in [6.45, 7) is 0.881. The second-order valence-electron chi connectivity index (χ2n) is 3.25. The third-order valence-corrected chi connectivity index (χ3v) is 2.43. The molecule has 1 atom stereocenters. The molecule has 1 aromatic rings. The highest BCUT2D eigenvalue weighted by Crippen LogP contribution is 2.30. The molecule has 3 heteroatoms. The fourth-order valence-corrected chi connectivity index (χ4v) is 1.83. The Morgan fingerprint density at radius 2 is 2.46 bits per heavy atom. The van der Waals surface area contributed by atoms with Crippen LogP contribution in [0, 0.1) is 0 Å². The van der Waals surface area contributed by atoms with Crippen LogP contribution in [0.25, 0.3) is 0 Å². The van der Waals surface area contributed by atoms with Crippen LogP contribution in [0.2, 0.25) is 5.02 Å². The van der Waals surface area contributed by atoms with Crippen molar-refractivity contribution in [2.45, 2.75) is 12.5 Å². The molecule has 1 unspecified atom stereocenters. The Hall–Kier alpha value is -0.730. The van der Waals surface area contributed by atoms with E-state index in [1.54, 1.807) is 0 Å². The molecular weight excluding hydrogens is 186 g/mol. The highest BCUT2D eigenvalue weighted by Gasteiger charge is 2.21. The predicted octanol–water partition coefficient (Wildman–Crippen LogP) is 1.86. The average Bonchev–Trinajstić information content (AvgIpc) is 2.46. The Morgan fingerprint density at radius 3 is 3.23 bits per heavy atom. The third kappa shape index (κ3) is 1.79. The lowest BCUT2D eigenvalue weighted by molar-refractivity contribution is 0.231. The molecule has 0 spiro atoms. The molecule has 0 radical (unpaired) electrons. The lowest BCUT2D eigenvalue weighted by Gasteiger charge is -2.08. The van der Waals surface area contributed by atoms with Crippen molar-refractivity contribution in [3.8, 4) is 5.75 Å². The highest BCUT2D eigenvalue weighted by molar-refractivity contribution is 6.30. The minimum absolute atomic E-state index is 0.262. The van der Waals surface area contributed by atoms with E-state index in [9.17, 15) is 0 Å². The van der Waals surface area contributed by atoms with Crippen LogP contribution < -0.4 is 10.1 Å². The fraction of sp³-hybridized carbons (Fsp3) is 0.400. The first kappa shape index (κ1) is 8.85. The number of nitrogens with one attached hydrogen (secondary N) is 1. The molecule has 1 aromatic carbocycles. The van der Waals surface area contributed by atoms with Crippen molar-refractivity contribution < 1.29 is 4.74 Å². The second kappa shape index (κ2) is 3.56. The Bertz CT molecular complexity index is 314. The summed E-state index contributed by atoms with van der Waals surface area (Å²) in [6, 6.07) is 5.78. The maximum Gasteiger partial charge on any atom is 0.123 e. The molecule has 0 saturated heterocycles. The summed E-state index contributed by atoms with van der Waals surface area (Å²) >= 11 is 5.88. The number of hydrogen-bond donors (Lipinski definition) is 1. The van der Waals surface area contributed by atoms with E-state index in [-0.39, 0.29) is 6.10 Å². The van der Waals surface area contributed by atoms with Crippen molar-refractivity contribution >= 4 is 11.6 Å². The van der Waals surface area contributed by atoms with E-state index >= 15 is 0 Å². The first-order valence-electron chi connectivity index (χ1n) is 4.39. The Balaban J connectivity index is 2.16. The molecule has 0 saturated carbocycles. The SMILES string of the molecule is CNCC1Cc2cc(Cl)ccc2O1. The van der Waals surface area contributed by atoms with Crippen molar-refractivity contribution in [2.24, 2.45) is 0 Å². The van der Waals surface area contributed by atoms with Gasteiger partial charge >= 0.3 is 0 Å². The van der Waals surface area contributed by atoms with Crippen molar-refractivity contribution in [3.05, 3.63) is 28.8 Å². The Kier molecular flexibility index (Phi) is 2.42. The fourth-order valence-electron chi connectivity index (χ4n) is 1.63. The molecule has 0 bridgehead atoms. The smallest absolute Gasteiger partial charge is 0.123 e. The topological polar surface area (TPSA) is 21.3 Å². The quantitative estimate of drug-likeness (QED) is 0.782. The van der Waals surface area contributed by atoms with Gasteiger partial charge in [-0.25, -0.2) is 0 Å². The minimum atomic E-state index is 0.262. The Labute approximate surface area is 82.9 Å². The first-order valence-corrected chi connectivity index (χ1v) is 4.77. The van der Waals surface area contributed by atoms with Gasteiger partial charge in [-0.15, -0.1) is 0 Å². The van der Waals surface area contributed by atoms with Gasteiger partial charge < -0.3 is 10.1 Å². The van der Waals surface area contributed by atoms with Gasteiger partial charge in [0.15, 0.2) is 0 Å². The molecular formula is C10H12ClNO. The molecule has 0 aliphatic carbocycles. The summed E-state index contributed by atoms with van der Waals surface area (Å²) in [5, 5.41) is 3.89. The number of likely N-dealkylation sites (N-methyl/N-ethyl adjacent to an activating group) is 1. The minimum Gasteiger partial charge on any atom is -0.488 e. The van der Waals surface area contributed by atoms with Crippen LogP contribution in [-0.4, -0.2) is 19.7 Å². The molecule has 1 heterocycles. The van der Waals surface area contributed by atoms with Gasteiger partial charge in [0, 0.05) is 18.0 Å². The summed E-state index contributed by atoms with van der Waals surface area (Å²) in [6.07, 6.45) is 1.22. The van der Waals surface area contributed by atoms with Crippen molar-refractivity contribution in [2.75, 3.05) is 13.6 Å². The molecule has 1 N–H and O–H groups in total. The van der Waals surface area contributed by atoms with Crippen LogP contribution >= 0.6 is 11.6 Å². The van der Waals surface area contributed by atoms with Crippen LogP contribution in [0.15, 0.2) is 18.2 Å². The lowest BCUT2D eigenvalue weighted by Crippen LogP contribution is -2.27. The molecule has 0 fully saturated rings. The standard InChI is InChI=1S/C10H12ClNO/c1-12-6-9-5-7-4-8(11)2-3-10(7)13-9/h2-4,9,12H,5-6H2,1H3. The van der Waals surface area contributed by atoms with Gasteiger partial charge in [-0.2, -0.15) is 0 Å². The van der Waals surface area contributed by atoms with Crippen LogP contribution in [0.3, 0.4) is 0 Å². The number of hydrogen-bond acceptors (Lipinski definition) is 2. The summed E-state index contributed by atoms with van der Waals surface area (Å²) in [5.41, 5.74) is 1.22. The van der Waals surface area contributed by atoms with Gasteiger partial charge in [0.25, 0.3) is 0 Å². The largest absolute Gasteiger partial charge is 0.488 e. The number of ether oxygens (including phenoxy) is 1. The van der Waals surface area contributed by atoms with Gasteiger partial charge in [-0.05, 0) is 30.8 Å². The van der Waals surface area contributed by atoms with Gasteiger partial charge in [-0.3, -0.25) is 0 Å².